The number of rotatable bonds is 2. The van der Waals surface area contributed by atoms with Gasteiger partial charge in [0.05, 0.1) is 0 Å². The van der Waals surface area contributed by atoms with Crippen LogP contribution in [0.4, 0.5) is 4.39 Å². The molecule has 1 N–H and O–H groups in total. The number of hydrogen-bond donors (Lipinski definition) is 1. The maximum Gasteiger partial charge on any atom is 0.258 e. The minimum absolute atomic E-state index is 0.00880. The molecule has 0 spiro atoms. The first-order chi connectivity index (χ1) is 3.66. The highest BCUT2D eigenvalue weighted by Gasteiger charge is 1.99. The molecule has 1 amide bonds. The molecule has 8 heavy (non-hydrogen) atoms. The van der Waals surface area contributed by atoms with Crippen molar-refractivity contribution < 1.29 is 9.18 Å². The largest absolute Gasteiger partial charge is 0.351 e. The molecule has 0 saturated carbocycles. The van der Waals surface area contributed by atoms with Gasteiger partial charge in [0, 0.05) is 6.04 Å². The lowest BCUT2D eigenvalue weighted by atomic mass is 10.4. The summed E-state index contributed by atoms with van der Waals surface area (Å²) in [5.41, 5.74) is 0. The van der Waals surface area contributed by atoms with Crippen LogP contribution < -0.4 is 5.32 Å². The smallest absolute Gasteiger partial charge is 0.258 e. The van der Waals surface area contributed by atoms with E-state index in [-0.39, 0.29) is 12.7 Å². The zero-order valence-corrected chi connectivity index (χ0v) is 4.94. The first-order valence-electron chi connectivity index (χ1n) is 2.40. The van der Waals surface area contributed by atoms with Gasteiger partial charge in [0.15, 0.2) is 0 Å². The second kappa shape index (κ2) is 3.41. The summed E-state index contributed by atoms with van der Waals surface area (Å²) in [6, 6.07) is 0.00880. The van der Waals surface area contributed by atoms with E-state index in [1.54, 1.807) is 13.8 Å². The molecule has 0 saturated heterocycles. The lowest BCUT2D eigenvalue weighted by Crippen LogP contribution is -2.29. The molecule has 0 aromatic carbocycles. The molecule has 0 fully saturated rings. The molecule has 0 aromatic rings. The lowest BCUT2D eigenvalue weighted by molar-refractivity contribution is -0.119. The summed E-state index contributed by atoms with van der Waals surface area (Å²) < 4.78 is 11.2. The van der Waals surface area contributed by atoms with Gasteiger partial charge in [-0.05, 0) is 13.8 Å². The SMILES string of the molecule is CC(C)NC(=O)[CH]F. The van der Waals surface area contributed by atoms with Crippen LogP contribution in [0.2, 0.25) is 0 Å². The van der Waals surface area contributed by atoms with Crippen molar-refractivity contribution >= 4 is 5.91 Å². The van der Waals surface area contributed by atoms with Gasteiger partial charge in [-0.2, -0.15) is 0 Å². The summed E-state index contributed by atoms with van der Waals surface area (Å²) in [6.07, 6.45) is 0. The Hall–Kier alpha value is -0.600. The number of hydrogen-bond acceptors (Lipinski definition) is 1. The molecule has 0 aliphatic heterocycles. The number of carbonyl (C=O) groups excluding carboxylic acids is 1. The Morgan fingerprint density at radius 2 is 2.25 bits per heavy atom. The van der Waals surface area contributed by atoms with Gasteiger partial charge in [-0.25, -0.2) is 4.39 Å². The monoisotopic (exact) mass is 118 g/mol. The fourth-order valence-corrected chi connectivity index (χ4v) is 0.316. The van der Waals surface area contributed by atoms with Gasteiger partial charge < -0.3 is 5.32 Å². The predicted octanol–water partition coefficient (Wildman–Crippen LogP) is 0.642. The quantitative estimate of drug-likeness (QED) is 0.566. The van der Waals surface area contributed by atoms with Crippen molar-refractivity contribution in [2.24, 2.45) is 0 Å². The van der Waals surface area contributed by atoms with Crippen LogP contribution in [0.5, 0.6) is 0 Å². The van der Waals surface area contributed by atoms with E-state index in [2.05, 4.69) is 5.32 Å². The van der Waals surface area contributed by atoms with E-state index in [0.29, 0.717) is 0 Å². The van der Waals surface area contributed by atoms with Crippen LogP contribution in [0.25, 0.3) is 0 Å². The summed E-state index contributed by atoms with van der Waals surface area (Å²) in [5, 5.41) is 2.32. The molecule has 0 heterocycles. The van der Waals surface area contributed by atoms with E-state index in [4.69, 9.17) is 0 Å². The molecule has 0 atom stereocenters. The Morgan fingerprint density at radius 1 is 1.75 bits per heavy atom. The van der Waals surface area contributed by atoms with Crippen molar-refractivity contribution in [2.45, 2.75) is 19.9 Å². The number of carbonyl (C=O) groups is 1. The van der Waals surface area contributed by atoms with Crippen molar-refractivity contribution in [3.63, 3.8) is 0 Å². The molecule has 47 valence electrons. The van der Waals surface area contributed by atoms with Crippen LogP contribution in [-0.4, -0.2) is 11.9 Å². The zero-order valence-electron chi connectivity index (χ0n) is 4.94. The molecule has 0 rings (SSSR count). The minimum Gasteiger partial charge on any atom is -0.351 e. The Morgan fingerprint density at radius 3 is 2.38 bits per heavy atom. The van der Waals surface area contributed by atoms with Gasteiger partial charge in [0.25, 0.3) is 5.91 Å². The number of halogens is 1. The highest BCUT2D eigenvalue weighted by atomic mass is 19.1. The van der Waals surface area contributed by atoms with E-state index in [0.717, 1.165) is 0 Å². The van der Waals surface area contributed by atoms with Gasteiger partial charge >= 0.3 is 0 Å². The molecule has 1 radical (unpaired) electrons. The second-order valence-electron chi connectivity index (χ2n) is 1.77. The molecule has 0 aromatic heterocycles. The van der Waals surface area contributed by atoms with Crippen LogP contribution in [0.15, 0.2) is 0 Å². The van der Waals surface area contributed by atoms with E-state index in [1.165, 1.54) is 0 Å². The molecule has 3 heteroatoms. The Kier molecular flexibility index (Phi) is 3.15. The summed E-state index contributed by atoms with van der Waals surface area (Å²) in [5.74, 6) is -0.667. The van der Waals surface area contributed by atoms with Crippen LogP contribution in [0.3, 0.4) is 0 Å². The Balaban J connectivity index is 3.25. The molecule has 0 unspecified atom stereocenters. The van der Waals surface area contributed by atoms with Crippen LogP contribution in [0.1, 0.15) is 13.8 Å². The first-order valence-corrected chi connectivity index (χ1v) is 2.40. The maximum atomic E-state index is 11.2. The fraction of sp³-hybridized carbons (Fsp3) is 0.600. The third-order valence-corrected chi connectivity index (χ3v) is 0.530. The minimum atomic E-state index is -0.667. The average molecular weight is 118 g/mol. The second-order valence-corrected chi connectivity index (χ2v) is 1.77. The molecular weight excluding hydrogens is 109 g/mol. The molecule has 0 bridgehead atoms. The highest BCUT2D eigenvalue weighted by molar-refractivity contribution is 5.82. The maximum absolute atomic E-state index is 11.2. The predicted molar refractivity (Wildman–Crippen MR) is 28.7 cm³/mol. The molecule has 2 nitrogen and oxygen atoms in total. The van der Waals surface area contributed by atoms with Crippen LogP contribution in [-0.2, 0) is 4.79 Å². The van der Waals surface area contributed by atoms with Crippen LogP contribution in [0, 0.1) is 6.67 Å². The number of nitrogens with one attached hydrogen (secondary N) is 1. The van der Waals surface area contributed by atoms with Crippen molar-refractivity contribution in [3.8, 4) is 0 Å². The van der Waals surface area contributed by atoms with Crippen molar-refractivity contribution in [1.82, 2.24) is 5.32 Å². The fourth-order valence-electron chi connectivity index (χ4n) is 0.316. The van der Waals surface area contributed by atoms with Gasteiger partial charge in [-0.3, -0.25) is 4.79 Å². The standard InChI is InChI=1S/C5H9FNO/c1-4(2)7-5(8)3-6/h3-4H,1-2H3,(H,7,8). The Bertz CT molecular complexity index is 82.5. The lowest BCUT2D eigenvalue weighted by Gasteiger charge is -2.02. The Labute approximate surface area is 48.1 Å². The molecular formula is C5H9FNO. The topological polar surface area (TPSA) is 29.1 Å². The van der Waals surface area contributed by atoms with E-state index < -0.39 is 5.91 Å². The normalized spacial score (nSPS) is 9.50. The number of amides is 1. The third-order valence-electron chi connectivity index (χ3n) is 0.530. The highest BCUT2D eigenvalue weighted by Crippen LogP contribution is 1.80. The van der Waals surface area contributed by atoms with Gasteiger partial charge in [-0.15, -0.1) is 0 Å². The van der Waals surface area contributed by atoms with E-state index in [9.17, 15) is 9.18 Å². The summed E-state index contributed by atoms with van der Waals surface area (Å²) in [4.78, 5) is 10.1. The summed E-state index contributed by atoms with van der Waals surface area (Å²) in [6.45, 7) is 3.54. The average Bonchev–Trinajstić information content (AvgIpc) is 1.65. The summed E-state index contributed by atoms with van der Waals surface area (Å²) in [7, 11) is 0. The van der Waals surface area contributed by atoms with Gasteiger partial charge in [0.1, 0.15) is 0 Å². The first kappa shape index (κ1) is 7.40. The molecule has 0 aliphatic rings. The summed E-state index contributed by atoms with van der Waals surface area (Å²) >= 11 is 0. The van der Waals surface area contributed by atoms with E-state index >= 15 is 0 Å². The van der Waals surface area contributed by atoms with Gasteiger partial charge in [0.2, 0.25) is 6.67 Å². The van der Waals surface area contributed by atoms with Gasteiger partial charge in [-0.1, -0.05) is 0 Å². The van der Waals surface area contributed by atoms with Crippen molar-refractivity contribution in [2.75, 3.05) is 0 Å². The van der Waals surface area contributed by atoms with Crippen LogP contribution >= 0.6 is 0 Å². The third kappa shape index (κ3) is 3.59. The van der Waals surface area contributed by atoms with Crippen molar-refractivity contribution in [1.29, 1.82) is 0 Å². The van der Waals surface area contributed by atoms with E-state index in [1.807, 2.05) is 0 Å². The molecule has 0 aliphatic carbocycles. The zero-order chi connectivity index (χ0) is 6.57. The van der Waals surface area contributed by atoms with Crippen molar-refractivity contribution in [3.05, 3.63) is 6.67 Å².